The third-order valence-electron chi connectivity index (χ3n) is 4.94. The minimum absolute atomic E-state index is 1.00. The molecule has 0 spiro atoms. The van der Waals surface area contributed by atoms with E-state index >= 15 is 0 Å². The van der Waals surface area contributed by atoms with Crippen molar-refractivity contribution in [1.82, 2.24) is 8.61 Å². The number of thioether (sulfide) groups is 1. The van der Waals surface area contributed by atoms with E-state index in [1.54, 1.807) is 0 Å². The second kappa shape index (κ2) is 7.58. The van der Waals surface area contributed by atoms with Gasteiger partial charge in [-0.2, -0.15) is 11.8 Å². The molecule has 3 rings (SSSR count). The van der Waals surface area contributed by atoms with Crippen molar-refractivity contribution < 1.29 is 0 Å². The lowest BCUT2D eigenvalue weighted by molar-refractivity contribution is 0.169. The molecule has 4 heteroatoms. The Labute approximate surface area is 127 Å². The molecule has 0 amide bonds. The van der Waals surface area contributed by atoms with Gasteiger partial charge in [-0.15, -0.1) is 0 Å². The summed E-state index contributed by atoms with van der Waals surface area (Å²) in [6, 6.07) is 0. The Kier molecular flexibility index (Phi) is 5.80. The molecule has 2 heterocycles. The van der Waals surface area contributed by atoms with Crippen molar-refractivity contribution >= 4 is 23.9 Å². The number of piperidine rings is 1. The van der Waals surface area contributed by atoms with Crippen LogP contribution >= 0.6 is 23.9 Å². The van der Waals surface area contributed by atoms with E-state index in [1.807, 2.05) is 0 Å². The summed E-state index contributed by atoms with van der Waals surface area (Å²) in [4.78, 5) is 0. The van der Waals surface area contributed by atoms with Crippen LogP contribution < -0.4 is 0 Å². The molecule has 2 saturated heterocycles. The summed E-state index contributed by atoms with van der Waals surface area (Å²) in [6.45, 7) is 5.23. The Balaban J connectivity index is 1.46. The van der Waals surface area contributed by atoms with Gasteiger partial charge in [-0.25, -0.2) is 8.61 Å². The summed E-state index contributed by atoms with van der Waals surface area (Å²) in [5, 5.41) is 0. The van der Waals surface area contributed by atoms with Crippen molar-refractivity contribution in [2.45, 2.75) is 44.9 Å². The molecule has 0 radical (unpaired) electrons. The molecule has 110 valence electrons. The summed E-state index contributed by atoms with van der Waals surface area (Å²) in [6.07, 6.45) is 10.4. The van der Waals surface area contributed by atoms with E-state index in [1.165, 1.54) is 82.6 Å². The van der Waals surface area contributed by atoms with Gasteiger partial charge in [0.05, 0.1) is 0 Å². The van der Waals surface area contributed by atoms with Crippen molar-refractivity contribution in [2.24, 2.45) is 11.8 Å². The second-order valence-corrected chi connectivity index (χ2v) is 8.73. The minimum atomic E-state index is 1.00. The Morgan fingerprint density at radius 1 is 0.737 bits per heavy atom. The zero-order chi connectivity index (χ0) is 12.9. The van der Waals surface area contributed by atoms with Gasteiger partial charge in [-0.05, 0) is 24.7 Å². The monoisotopic (exact) mass is 300 g/mol. The van der Waals surface area contributed by atoms with Crippen molar-refractivity contribution in [1.29, 1.82) is 0 Å². The van der Waals surface area contributed by atoms with E-state index in [2.05, 4.69) is 32.5 Å². The highest BCUT2D eigenvalue weighted by Gasteiger charge is 2.29. The topological polar surface area (TPSA) is 6.48 Å². The first kappa shape index (κ1) is 14.6. The van der Waals surface area contributed by atoms with Gasteiger partial charge >= 0.3 is 0 Å². The maximum absolute atomic E-state index is 2.68. The summed E-state index contributed by atoms with van der Waals surface area (Å²) < 4.78 is 5.28. The van der Waals surface area contributed by atoms with E-state index in [4.69, 9.17) is 0 Å². The van der Waals surface area contributed by atoms with Crippen LogP contribution in [0.25, 0.3) is 0 Å². The molecule has 2 aliphatic heterocycles. The molecule has 1 saturated carbocycles. The lowest BCUT2D eigenvalue weighted by Gasteiger charge is -2.39. The van der Waals surface area contributed by atoms with Crippen molar-refractivity contribution in [3.8, 4) is 0 Å². The molecule has 0 N–H and O–H groups in total. The first-order valence-corrected chi connectivity index (χ1v) is 10.1. The van der Waals surface area contributed by atoms with Crippen LogP contribution in [0, 0.1) is 11.8 Å². The van der Waals surface area contributed by atoms with Gasteiger partial charge < -0.3 is 0 Å². The zero-order valence-corrected chi connectivity index (χ0v) is 13.7. The fraction of sp³-hybridized carbons (Fsp3) is 1.00. The molecule has 2 nitrogen and oxygen atoms in total. The molecule has 0 bridgehead atoms. The summed E-state index contributed by atoms with van der Waals surface area (Å²) in [7, 11) is 0. The molecule has 3 fully saturated rings. The van der Waals surface area contributed by atoms with Crippen LogP contribution in [0.3, 0.4) is 0 Å². The summed E-state index contributed by atoms with van der Waals surface area (Å²) in [5.74, 6) is 4.70. The number of rotatable bonds is 3. The van der Waals surface area contributed by atoms with Crippen molar-refractivity contribution in [3.63, 3.8) is 0 Å². The van der Waals surface area contributed by atoms with Gasteiger partial charge in [0.25, 0.3) is 0 Å². The van der Waals surface area contributed by atoms with Crippen LogP contribution in [-0.2, 0) is 0 Å². The Hall–Kier alpha value is 0.620. The van der Waals surface area contributed by atoms with Gasteiger partial charge in [0, 0.05) is 49.8 Å². The first-order valence-electron chi connectivity index (χ1n) is 8.17. The predicted octanol–water partition coefficient (Wildman–Crippen LogP) is 3.89. The molecule has 1 atom stereocenters. The van der Waals surface area contributed by atoms with Crippen LogP contribution in [0.4, 0.5) is 0 Å². The van der Waals surface area contributed by atoms with Gasteiger partial charge in [-0.1, -0.05) is 32.1 Å². The van der Waals surface area contributed by atoms with E-state index in [9.17, 15) is 0 Å². The van der Waals surface area contributed by atoms with Gasteiger partial charge in [-0.3, -0.25) is 0 Å². The fourth-order valence-corrected chi connectivity index (χ4v) is 6.11. The molecule has 0 aromatic heterocycles. The average Bonchev–Trinajstić information content (AvgIpc) is 2.49. The SMILES string of the molecule is C1CCC(C2CCCN(SN3CCSCC3)C2)CC1. The average molecular weight is 301 g/mol. The number of nitrogens with zero attached hydrogens (tertiary/aromatic N) is 2. The second-order valence-electron chi connectivity index (χ2n) is 6.31. The highest BCUT2D eigenvalue weighted by atomic mass is 32.2. The largest absolute Gasteiger partial charge is 0.237 e. The zero-order valence-electron chi connectivity index (χ0n) is 12.1. The Morgan fingerprint density at radius 2 is 1.47 bits per heavy atom. The number of hydrogen-bond donors (Lipinski definition) is 0. The molecule has 19 heavy (non-hydrogen) atoms. The first-order chi connectivity index (χ1) is 9.42. The third kappa shape index (κ3) is 4.29. The van der Waals surface area contributed by atoms with E-state index in [0.717, 1.165) is 11.8 Å². The predicted molar refractivity (Wildman–Crippen MR) is 87.4 cm³/mol. The normalized spacial score (nSPS) is 32.5. The Morgan fingerprint density at radius 3 is 2.26 bits per heavy atom. The van der Waals surface area contributed by atoms with Crippen LogP contribution in [-0.4, -0.2) is 46.3 Å². The highest BCUT2D eigenvalue weighted by Crippen LogP contribution is 2.36. The Bertz CT molecular complexity index is 263. The van der Waals surface area contributed by atoms with Gasteiger partial charge in [0.1, 0.15) is 0 Å². The third-order valence-corrected chi connectivity index (χ3v) is 7.04. The molecule has 3 aliphatic rings. The summed E-state index contributed by atoms with van der Waals surface area (Å²) >= 11 is 4.17. The van der Waals surface area contributed by atoms with Crippen molar-refractivity contribution in [2.75, 3.05) is 37.7 Å². The van der Waals surface area contributed by atoms with E-state index in [0.29, 0.717) is 0 Å². The molecule has 0 aromatic rings. The molecule has 1 aliphatic carbocycles. The molecular formula is C15H28N2S2. The van der Waals surface area contributed by atoms with Crippen LogP contribution in [0.2, 0.25) is 0 Å². The smallest absolute Gasteiger partial charge is 0.0193 e. The van der Waals surface area contributed by atoms with Gasteiger partial charge in [0.2, 0.25) is 0 Å². The van der Waals surface area contributed by atoms with Crippen LogP contribution in [0.15, 0.2) is 0 Å². The standard InChI is InChI=1S/C15H28N2S2/c1-2-5-14(6-3-1)15-7-4-8-17(13-15)19-16-9-11-18-12-10-16/h14-15H,1-13H2. The van der Waals surface area contributed by atoms with Gasteiger partial charge in [0.15, 0.2) is 0 Å². The van der Waals surface area contributed by atoms with Crippen LogP contribution in [0.5, 0.6) is 0 Å². The fourth-order valence-electron chi connectivity index (χ4n) is 3.83. The number of hydrogen-bond acceptors (Lipinski definition) is 4. The molecule has 0 aromatic carbocycles. The molecule has 1 unspecified atom stereocenters. The highest BCUT2D eigenvalue weighted by molar-refractivity contribution is 7.99. The van der Waals surface area contributed by atoms with Crippen LogP contribution in [0.1, 0.15) is 44.9 Å². The molecular weight excluding hydrogens is 272 g/mol. The van der Waals surface area contributed by atoms with E-state index < -0.39 is 0 Å². The minimum Gasteiger partial charge on any atom is -0.237 e. The summed E-state index contributed by atoms with van der Waals surface area (Å²) in [5.41, 5.74) is 0. The maximum Gasteiger partial charge on any atom is 0.0193 e. The van der Waals surface area contributed by atoms with Crippen molar-refractivity contribution in [3.05, 3.63) is 0 Å². The lowest BCUT2D eigenvalue weighted by atomic mass is 9.77. The maximum atomic E-state index is 2.68. The van der Waals surface area contributed by atoms with E-state index in [-0.39, 0.29) is 0 Å². The lowest BCUT2D eigenvalue weighted by Crippen LogP contribution is -2.39. The quantitative estimate of drug-likeness (QED) is 0.729.